The molecule has 0 amide bonds. The van der Waals surface area contributed by atoms with E-state index in [0.717, 1.165) is 10.2 Å². The van der Waals surface area contributed by atoms with Crippen molar-refractivity contribution in [3.8, 4) is 11.5 Å². The number of ether oxygens (including phenoxy) is 2. The lowest BCUT2D eigenvalue weighted by Crippen LogP contribution is -1.99. The molecule has 1 heterocycles. The van der Waals surface area contributed by atoms with Gasteiger partial charge in [0.2, 0.25) is 0 Å². The zero-order chi connectivity index (χ0) is 13.8. The third-order valence-corrected chi connectivity index (χ3v) is 2.93. The van der Waals surface area contributed by atoms with E-state index in [2.05, 4.69) is 26.2 Å². The number of methoxy groups -OCH3 is 2. The highest BCUT2D eigenvalue weighted by Gasteiger charge is 2.05. The molecule has 0 aliphatic carbocycles. The maximum atomic E-state index is 5.89. The number of rotatable bonds is 4. The molecule has 0 saturated carbocycles. The van der Waals surface area contributed by atoms with E-state index in [9.17, 15) is 0 Å². The fourth-order valence-electron chi connectivity index (χ4n) is 1.58. The molecule has 5 nitrogen and oxygen atoms in total. The Labute approximate surface area is 119 Å². The van der Waals surface area contributed by atoms with E-state index < -0.39 is 0 Å². The minimum Gasteiger partial charge on any atom is -0.497 e. The predicted molar refractivity (Wildman–Crippen MR) is 79.2 cm³/mol. The average Bonchev–Trinajstić information content (AvgIpc) is 2.41. The molecule has 1 aromatic heterocycles. The van der Waals surface area contributed by atoms with E-state index >= 15 is 0 Å². The third kappa shape index (κ3) is 3.29. The third-order valence-electron chi connectivity index (χ3n) is 2.50. The molecule has 19 heavy (non-hydrogen) atoms. The normalized spacial score (nSPS) is 10.1. The monoisotopic (exact) mass is 323 g/mol. The highest BCUT2D eigenvalue weighted by atomic mass is 79.9. The van der Waals surface area contributed by atoms with Gasteiger partial charge in [-0.15, -0.1) is 0 Å². The molecule has 2 aromatic rings. The van der Waals surface area contributed by atoms with Gasteiger partial charge in [0, 0.05) is 34.6 Å². The van der Waals surface area contributed by atoms with Gasteiger partial charge in [0.05, 0.1) is 19.9 Å². The van der Waals surface area contributed by atoms with E-state index in [4.69, 9.17) is 15.2 Å². The van der Waals surface area contributed by atoms with Gasteiger partial charge in [-0.05, 0) is 22.0 Å². The second kappa shape index (κ2) is 5.79. The van der Waals surface area contributed by atoms with Crippen molar-refractivity contribution in [1.82, 2.24) is 4.98 Å². The van der Waals surface area contributed by atoms with Gasteiger partial charge in [0.15, 0.2) is 5.82 Å². The summed E-state index contributed by atoms with van der Waals surface area (Å²) in [4.78, 5) is 4.22. The summed E-state index contributed by atoms with van der Waals surface area (Å²) in [6.07, 6.45) is 1.68. The Kier molecular flexibility index (Phi) is 4.11. The Morgan fingerprint density at radius 3 is 2.26 bits per heavy atom. The first kappa shape index (κ1) is 13.5. The Morgan fingerprint density at radius 2 is 1.74 bits per heavy atom. The number of halogens is 1. The highest BCUT2D eigenvalue weighted by molar-refractivity contribution is 9.10. The molecule has 0 bridgehead atoms. The Morgan fingerprint density at radius 1 is 1.11 bits per heavy atom. The number of nitrogen functional groups attached to an aromatic ring is 1. The molecular weight excluding hydrogens is 310 g/mol. The van der Waals surface area contributed by atoms with Crippen LogP contribution in [0.15, 0.2) is 34.9 Å². The first-order valence-electron chi connectivity index (χ1n) is 5.53. The summed E-state index contributed by atoms with van der Waals surface area (Å²) in [7, 11) is 3.20. The molecule has 2 rings (SSSR count). The van der Waals surface area contributed by atoms with Crippen LogP contribution in [-0.2, 0) is 0 Å². The van der Waals surface area contributed by atoms with E-state index in [0.29, 0.717) is 23.0 Å². The maximum absolute atomic E-state index is 5.89. The van der Waals surface area contributed by atoms with Crippen molar-refractivity contribution in [2.75, 3.05) is 25.3 Å². The van der Waals surface area contributed by atoms with Crippen LogP contribution >= 0.6 is 15.9 Å². The van der Waals surface area contributed by atoms with Crippen LogP contribution in [0.25, 0.3) is 0 Å². The smallest absolute Gasteiger partial charge is 0.153 e. The van der Waals surface area contributed by atoms with E-state index in [-0.39, 0.29) is 0 Å². The number of nitrogens with zero attached hydrogens (tertiary/aromatic N) is 1. The number of nitrogens with two attached hydrogens (primary N) is 1. The number of pyridine rings is 1. The first-order chi connectivity index (χ1) is 9.12. The molecule has 0 spiro atoms. The van der Waals surface area contributed by atoms with Crippen molar-refractivity contribution >= 4 is 33.1 Å². The zero-order valence-corrected chi connectivity index (χ0v) is 12.2. The van der Waals surface area contributed by atoms with Gasteiger partial charge in [-0.1, -0.05) is 0 Å². The number of benzene rings is 1. The van der Waals surface area contributed by atoms with E-state index in [1.54, 1.807) is 32.5 Å². The van der Waals surface area contributed by atoms with Crippen LogP contribution in [0, 0.1) is 0 Å². The minimum absolute atomic E-state index is 0.552. The van der Waals surface area contributed by atoms with Crippen LogP contribution in [0.1, 0.15) is 0 Å². The van der Waals surface area contributed by atoms with Crippen LogP contribution < -0.4 is 20.5 Å². The molecule has 100 valence electrons. The van der Waals surface area contributed by atoms with Gasteiger partial charge in [0.25, 0.3) is 0 Å². The number of anilines is 3. The highest BCUT2D eigenvalue weighted by Crippen LogP contribution is 2.29. The maximum Gasteiger partial charge on any atom is 0.153 e. The first-order valence-corrected chi connectivity index (χ1v) is 6.33. The van der Waals surface area contributed by atoms with Gasteiger partial charge in [-0.2, -0.15) is 0 Å². The molecule has 0 unspecified atom stereocenters. The van der Waals surface area contributed by atoms with Crippen molar-refractivity contribution in [1.29, 1.82) is 0 Å². The Bertz CT molecular complexity index is 568. The second-order valence-electron chi connectivity index (χ2n) is 3.82. The lowest BCUT2D eigenvalue weighted by atomic mass is 10.2. The van der Waals surface area contributed by atoms with Crippen LogP contribution in [0.5, 0.6) is 11.5 Å². The fourth-order valence-corrected chi connectivity index (χ4v) is 1.92. The van der Waals surface area contributed by atoms with Gasteiger partial charge in [-0.25, -0.2) is 4.98 Å². The van der Waals surface area contributed by atoms with Gasteiger partial charge >= 0.3 is 0 Å². The van der Waals surface area contributed by atoms with Crippen molar-refractivity contribution in [2.24, 2.45) is 0 Å². The quantitative estimate of drug-likeness (QED) is 0.904. The topological polar surface area (TPSA) is 69.4 Å². The fraction of sp³-hybridized carbons (Fsp3) is 0.154. The summed E-state index contributed by atoms with van der Waals surface area (Å²) < 4.78 is 11.2. The van der Waals surface area contributed by atoms with Crippen LogP contribution in [0.3, 0.4) is 0 Å². The lowest BCUT2D eigenvalue weighted by Gasteiger charge is -2.11. The molecular formula is C13H14BrN3O2. The summed E-state index contributed by atoms with van der Waals surface area (Å²) in [5.74, 6) is 1.97. The number of nitrogens with one attached hydrogen (secondary N) is 1. The number of hydrogen-bond donors (Lipinski definition) is 2. The lowest BCUT2D eigenvalue weighted by molar-refractivity contribution is 0.395. The standard InChI is InChI=1S/C13H14BrN3O2/c1-18-10-4-9(5-11(6-10)19-2)17-13-12(15)3-8(14)7-16-13/h3-7H,15H2,1-2H3,(H,16,17). The van der Waals surface area contributed by atoms with Gasteiger partial charge in [-0.3, -0.25) is 0 Å². The van der Waals surface area contributed by atoms with Crippen molar-refractivity contribution < 1.29 is 9.47 Å². The second-order valence-corrected chi connectivity index (χ2v) is 4.73. The molecule has 0 aliphatic heterocycles. The molecule has 1 aromatic carbocycles. The summed E-state index contributed by atoms with van der Waals surface area (Å²) in [6, 6.07) is 7.26. The van der Waals surface area contributed by atoms with Crippen LogP contribution in [0.4, 0.5) is 17.2 Å². The number of aromatic nitrogens is 1. The van der Waals surface area contributed by atoms with E-state index in [1.165, 1.54) is 0 Å². The molecule has 0 atom stereocenters. The molecule has 6 heteroatoms. The summed E-state index contributed by atoms with van der Waals surface area (Å²) >= 11 is 3.32. The van der Waals surface area contributed by atoms with Crippen LogP contribution in [0.2, 0.25) is 0 Å². The van der Waals surface area contributed by atoms with E-state index in [1.807, 2.05) is 12.1 Å². The van der Waals surface area contributed by atoms with Crippen LogP contribution in [-0.4, -0.2) is 19.2 Å². The van der Waals surface area contributed by atoms with Crippen molar-refractivity contribution in [2.45, 2.75) is 0 Å². The molecule has 0 aliphatic rings. The molecule has 3 N–H and O–H groups in total. The minimum atomic E-state index is 0.552. The Hall–Kier alpha value is -1.95. The Balaban J connectivity index is 2.31. The average molecular weight is 324 g/mol. The predicted octanol–water partition coefficient (Wildman–Crippen LogP) is 3.19. The molecule has 0 fully saturated rings. The number of hydrogen-bond acceptors (Lipinski definition) is 5. The summed E-state index contributed by atoms with van der Waals surface area (Å²) in [5.41, 5.74) is 7.23. The zero-order valence-electron chi connectivity index (χ0n) is 10.6. The molecule has 0 saturated heterocycles. The van der Waals surface area contributed by atoms with Gasteiger partial charge in [0.1, 0.15) is 11.5 Å². The van der Waals surface area contributed by atoms with Gasteiger partial charge < -0.3 is 20.5 Å². The summed E-state index contributed by atoms with van der Waals surface area (Å²) in [5, 5.41) is 3.13. The SMILES string of the molecule is COc1cc(Nc2ncc(Br)cc2N)cc(OC)c1. The molecule has 0 radical (unpaired) electrons. The largest absolute Gasteiger partial charge is 0.497 e. The summed E-state index contributed by atoms with van der Waals surface area (Å²) in [6.45, 7) is 0. The van der Waals surface area contributed by atoms with Crippen molar-refractivity contribution in [3.63, 3.8) is 0 Å². The van der Waals surface area contributed by atoms with Crippen molar-refractivity contribution in [3.05, 3.63) is 34.9 Å².